The predicted octanol–water partition coefficient (Wildman–Crippen LogP) is 3.45. The monoisotopic (exact) mass is 342 g/mol. The van der Waals surface area contributed by atoms with Crippen molar-refractivity contribution in [1.82, 2.24) is 19.8 Å². The highest BCUT2D eigenvalue weighted by Crippen LogP contribution is 2.13. The van der Waals surface area contributed by atoms with Crippen molar-refractivity contribution in [2.45, 2.75) is 39.3 Å². The largest absolute Gasteiger partial charge is 0.298 e. The molecule has 0 aliphatic carbocycles. The molecule has 1 aromatic heterocycles. The fourth-order valence-electron chi connectivity index (χ4n) is 3.20. The highest BCUT2D eigenvalue weighted by molar-refractivity contribution is 5.16. The van der Waals surface area contributed by atoms with Crippen molar-refractivity contribution in [2.24, 2.45) is 0 Å². The van der Waals surface area contributed by atoms with Gasteiger partial charge >= 0.3 is 0 Å². The second kappa shape index (κ2) is 8.50. The zero-order chi connectivity index (χ0) is 17.6. The summed E-state index contributed by atoms with van der Waals surface area (Å²) in [5.41, 5.74) is 2.28. The Balaban J connectivity index is 1.54. The Morgan fingerprint density at radius 3 is 2.32 bits per heavy atom. The molecule has 2 aromatic rings. The van der Waals surface area contributed by atoms with E-state index in [0.717, 1.165) is 57.2 Å². The minimum atomic E-state index is -0.170. The van der Waals surface area contributed by atoms with Crippen molar-refractivity contribution in [3.05, 3.63) is 59.4 Å². The number of hydrogen-bond acceptors (Lipinski definition) is 4. The maximum atomic E-state index is 13.0. The van der Waals surface area contributed by atoms with Crippen LogP contribution in [-0.4, -0.2) is 45.9 Å². The molecule has 0 spiro atoms. The Kier molecular flexibility index (Phi) is 6.10. The number of rotatable bonds is 5. The molecule has 0 bridgehead atoms. The zero-order valence-electron chi connectivity index (χ0n) is 15.2. The van der Waals surface area contributed by atoms with Crippen molar-refractivity contribution in [3.8, 4) is 0 Å². The summed E-state index contributed by atoms with van der Waals surface area (Å²) < 4.78 is 13.0. The van der Waals surface area contributed by atoms with Crippen LogP contribution in [0.25, 0.3) is 0 Å². The van der Waals surface area contributed by atoms with Crippen molar-refractivity contribution in [2.75, 3.05) is 26.2 Å². The molecule has 1 fully saturated rings. The van der Waals surface area contributed by atoms with Crippen molar-refractivity contribution < 1.29 is 4.39 Å². The summed E-state index contributed by atoms with van der Waals surface area (Å²) in [6.45, 7) is 10.2. The van der Waals surface area contributed by atoms with Gasteiger partial charge < -0.3 is 0 Å². The summed E-state index contributed by atoms with van der Waals surface area (Å²) in [6, 6.07) is 8.87. The van der Waals surface area contributed by atoms with E-state index in [1.54, 1.807) is 12.1 Å². The summed E-state index contributed by atoms with van der Waals surface area (Å²) in [5, 5.41) is 0. The van der Waals surface area contributed by atoms with Crippen LogP contribution in [0.5, 0.6) is 0 Å². The Morgan fingerprint density at radius 2 is 1.64 bits per heavy atom. The van der Waals surface area contributed by atoms with Gasteiger partial charge in [0, 0.05) is 38.3 Å². The predicted molar refractivity (Wildman–Crippen MR) is 97.7 cm³/mol. The minimum absolute atomic E-state index is 0.170. The number of nitrogens with zero attached hydrogens (tertiary/aromatic N) is 4. The summed E-state index contributed by atoms with van der Waals surface area (Å²) in [6.07, 6.45) is 3.01. The lowest BCUT2D eigenvalue weighted by atomic mass is 10.2. The smallest absolute Gasteiger partial charge is 0.131 e. The third kappa shape index (κ3) is 5.31. The van der Waals surface area contributed by atoms with Gasteiger partial charge in [-0.1, -0.05) is 26.0 Å². The van der Waals surface area contributed by atoms with Gasteiger partial charge in [0.2, 0.25) is 0 Å². The molecule has 0 unspecified atom stereocenters. The van der Waals surface area contributed by atoms with Gasteiger partial charge in [-0.05, 0) is 43.3 Å². The van der Waals surface area contributed by atoms with E-state index in [9.17, 15) is 4.39 Å². The first-order valence-corrected chi connectivity index (χ1v) is 9.11. The zero-order valence-corrected chi connectivity index (χ0v) is 15.2. The lowest BCUT2D eigenvalue weighted by molar-refractivity contribution is 0.245. The van der Waals surface area contributed by atoms with Crippen LogP contribution in [0.1, 0.15) is 43.3 Å². The topological polar surface area (TPSA) is 32.3 Å². The molecular formula is C20H27FN4. The highest BCUT2D eigenvalue weighted by atomic mass is 19.1. The van der Waals surface area contributed by atoms with Gasteiger partial charge in [0.05, 0.1) is 5.69 Å². The molecule has 0 radical (unpaired) electrons. The Morgan fingerprint density at radius 1 is 0.960 bits per heavy atom. The van der Waals surface area contributed by atoms with Gasteiger partial charge in [-0.2, -0.15) is 0 Å². The quantitative estimate of drug-likeness (QED) is 0.833. The summed E-state index contributed by atoms with van der Waals surface area (Å²) in [7, 11) is 0. The van der Waals surface area contributed by atoms with E-state index in [4.69, 9.17) is 4.98 Å². The molecule has 4 nitrogen and oxygen atoms in total. The lowest BCUT2D eigenvalue weighted by Gasteiger charge is -2.22. The first kappa shape index (κ1) is 18.0. The molecule has 0 N–H and O–H groups in total. The molecule has 1 aromatic carbocycles. The van der Waals surface area contributed by atoms with Crippen molar-refractivity contribution in [3.63, 3.8) is 0 Å². The van der Waals surface area contributed by atoms with Gasteiger partial charge in [0.25, 0.3) is 0 Å². The molecule has 3 rings (SSSR count). The lowest BCUT2D eigenvalue weighted by Crippen LogP contribution is -2.30. The molecule has 0 atom stereocenters. The molecule has 1 saturated heterocycles. The molecular weight excluding hydrogens is 315 g/mol. The molecule has 2 heterocycles. The van der Waals surface area contributed by atoms with Gasteiger partial charge in [-0.15, -0.1) is 0 Å². The molecule has 0 saturated carbocycles. The Hall–Kier alpha value is -1.85. The third-order valence-corrected chi connectivity index (χ3v) is 4.63. The van der Waals surface area contributed by atoms with Crippen molar-refractivity contribution in [1.29, 1.82) is 0 Å². The molecule has 1 aliphatic heterocycles. The Bertz CT molecular complexity index is 672. The van der Waals surface area contributed by atoms with E-state index in [1.807, 2.05) is 24.4 Å². The van der Waals surface area contributed by atoms with E-state index >= 15 is 0 Å². The van der Waals surface area contributed by atoms with E-state index in [0.29, 0.717) is 5.92 Å². The molecule has 1 aliphatic rings. The second-order valence-corrected chi connectivity index (χ2v) is 7.09. The van der Waals surface area contributed by atoms with E-state index < -0.39 is 0 Å². The summed E-state index contributed by atoms with van der Waals surface area (Å²) in [5.74, 6) is 1.11. The van der Waals surface area contributed by atoms with Crippen LogP contribution in [0.4, 0.5) is 4.39 Å². The maximum absolute atomic E-state index is 13.0. The third-order valence-electron chi connectivity index (χ3n) is 4.63. The van der Waals surface area contributed by atoms with E-state index in [2.05, 4.69) is 28.6 Å². The molecule has 25 heavy (non-hydrogen) atoms. The SMILES string of the molecule is CC(C)c1nccc(CN2CCCN(Cc3ccc(F)cc3)CC2)n1. The van der Waals surface area contributed by atoms with Crippen LogP contribution < -0.4 is 0 Å². The van der Waals surface area contributed by atoms with Crippen molar-refractivity contribution >= 4 is 0 Å². The molecule has 134 valence electrons. The van der Waals surface area contributed by atoms with Gasteiger partial charge in [-0.3, -0.25) is 9.80 Å². The molecule has 0 amide bonds. The summed E-state index contributed by atoms with van der Waals surface area (Å²) >= 11 is 0. The van der Waals surface area contributed by atoms with Gasteiger partial charge in [-0.25, -0.2) is 14.4 Å². The normalized spacial score (nSPS) is 17.0. The van der Waals surface area contributed by atoms with E-state index in [-0.39, 0.29) is 5.82 Å². The summed E-state index contributed by atoms with van der Waals surface area (Å²) in [4.78, 5) is 14.0. The number of benzene rings is 1. The van der Waals surface area contributed by atoms with Gasteiger partial charge in [0.1, 0.15) is 11.6 Å². The van der Waals surface area contributed by atoms with Crippen LogP contribution in [0.3, 0.4) is 0 Å². The average molecular weight is 342 g/mol. The van der Waals surface area contributed by atoms with E-state index in [1.165, 1.54) is 5.56 Å². The van der Waals surface area contributed by atoms with Crippen LogP contribution in [-0.2, 0) is 13.1 Å². The first-order valence-electron chi connectivity index (χ1n) is 9.11. The fourth-order valence-corrected chi connectivity index (χ4v) is 3.20. The van der Waals surface area contributed by atoms with Crippen LogP contribution in [0.2, 0.25) is 0 Å². The average Bonchev–Trinajstić information content (AvgIpc) is 2.82. The standard InChI is InChI=1S/C20H27FN4/c1-16(2)20-22-9-8-19(23-20)15-25-11-3-10-24(12-13-25)14-17-4-6-18(21)7-5-17/h4-9,16H,3,10-15H2,1-2H3. The fraction of sp³-hybridized carbons (Fsp3) is 0.500. The van der Waals surface area contributed by atoms with Crippen LogP contribution in [0.15, 0.2) is 36.5 Å². The van der Waals surface area contributed by atoms with Gasteiger partial charge in [0.15, 0.2) is 0 Å². The molecule has 5 heteroatoms. The second-order valence-electron chi connectivity index (χ2n) is 7.09. The Labute approximate surface area is 149 Å². The number of hydrogen-bond donors (Lipinski definition) is 0. The maximum Gasteiger partial charge on any atom is 0.131 e. The number of aromatic nitrogens is 2. The first-order chi connectivity index (χ1) is 12.1. The van der Waals surface area contributed by atoms with Crippen LogP contribution >= 0.6 is 0 Å². The minimum Gasteiger partial charge on any atom is -0.298 e. The highest BCUT2D eigenvalue weighted by Gasteiger charge is 2.16. The van der Waals surface area contributed by atoms with Crippen LogP contribution in [0, 0.1) is 5.82 Å². The number of halogens is 1.